The van der Waals surface area contributed by atoms with Gasteiger partial charge in [0.2, 0.25) is 0 Å². The van der Waals surface area contributed by atoms with Crippen LogP contribution >= 0.6 is 35.1 Å². The number of benzene rings is 1. The summed E-state index contributed by atoms with van der Waals surface area (Å²) in [6.07, 6.45) is -1.19. The maximum Gasteiger partial charge on any atom is 0.416 e. The van der Waals surface area contributed by atoms with Gasteiger partial charge in [-0.25, -0.2) is 0 Å². The predicted octanol–water partition coefficient (Wildman–Crippen LogP) is 5.48. The minimum absolute atomic E-state index is 0.295. The lowest BCUT2D eigenvalue weighted by Crippen LogP contribution is -2.05. The topological polar surface area (TPSA) is 0 Å². The van der Waals surface area contributed by atoms with Crippen molar-refractivity contribution in [2.24, 2.45) is 0 Å². The molecule has 104 valence electrons. The monoisotopic (exact) mass is 324 g/mol. The van der Waals surface area contributed by atoms with Crippen molar-refractivity contribution in [3.05, 3.63) is 41.5 Å². The first-order chi connectivity index (χ1) is 8.97. The van der Waals surface area contributed by atoms with Crippen LogP contribution in [0.1, 0.15) is 17.5 Å². The molecule has 6 heteroatoms. The molecular formula is C13H12ClF3S2. The number of alkyl halides is 3. The molecule has 0 saturated carbocycles. The average Bonchev–Trinajstić information content (AvgIpc) is 2.39. The highest BCUT2D eigenvalue weighted by Gasteiger charge is 2.30. The summed E-state index contributed by atoms with van der Waals surface area (Å²) in [4.78, 5) is 0. The van der Waals surface area contributed by atoms with Crippen molar-refractivity contribution in [1.29, 1.82) is 0 Å². The average molecular weight is 325 g/mol. The summed E-state index contributed by atoms with van der Waals surface area (Å²) in [7, 11) is 0. The van der Waals surface area contributed by atoms with Crippen molar-refractivity contribution in [3.63, 3.8) is 0 Å². The van der Waals surface area contributed by atoms with Gasteiger partial charge in [-0.1, -0.05) is 23.7 Å². The molecule has 0 amide bonds. The van der Waals surface area contributed by atoms with Gasteiger partial charge in [-0.3, -0.25) is 0 Å². The molecule has 1 aliphatic heterocycles. The van der Waals surface area contributed by atoms with Gasteiger partial charge in [-0.2, -0.15) is 13.2 Å². The Balaban J connectivity index is 2.10. The molecule has 1 aromatic carbocycles. The highest BCUT2D eigenvalue weighted by molar-refractivity contribution is 8.17. The van der Waals surface area contributed by atoms with E-state index < -0.39 is 11.7 Å². The fourth-order valence-electron chi connectivity index (χ4n) is 1.64. The van der Waals surface area contributed by atoms with E-state index in [0.29, 0.717) is 15.2 Å². The van der Waals surface area contributed by atoms with E-state index in [-0.39, 0.29) is 0 Å². The van der Waals surface area contributed by atoms with E-state index in [9.17, 15) is 13.2 Å². The molecule has 0 nitrogen and oxygen atoms in total. The molecule has 1 heterocycles. The van der Waals surface area contributed by atoms with E-state index in [1.165, 1.54) is 18.6 Å². The van der Waals surface area contributed by atoms with Crippen LogP contribution in [0, 0.1) is 0 Å². The molecule has 0 N–H and O–H groups in total. The molecule has 0 aromatic heterocycles. The molecule has 1 aromatic rings. The molecule has 0 bridgehead atoms. The van der Waals surface area contributed by atoms with Crippen LogP contribution in [-0.2, 0) is 6.18 Å². The van der Waals surface area contributed by atoms with Gasteiger partial charge in [-0.15, -0.1) is 23.5 Å². The summed E-state index contributed by atoms with van der Waals surface area (Å²) in [5, 5.41) is 0.514. The van der Waals surface area contributed by atoms with Crippen molar-refractivity contribution < 1.29 is 13.2 Å². The van der Waals surface area contributed by atoms with Crippen LogP contribution in [0.2, 0.25) is 0 Å². The lowest BCUT2D eigenvalue weighted by atomic mass is 10.1. The van der Waals surface area contributed by atoms with E-state index >= 15 is 0 Å². The Labute approximate surface area is 123 Å². The summed E-state index contributed by atoms with van der Waals surface area (Å²) in [6.45, 7) is 0. The third-order valence-electron chi connectivity index (χ3n) is 2.62. The summed E-state index contributed by atoms with van der Waals surface area (Å²) in [5.74, 6) is 2.21. The van der Waals surface area contributed by atoms with Crippen LogP contribution in [0.15, 0.2) is 30.3 Å². The summed E-state index contributed by atoms with van der Waals surface area (Å²) < 4.78 is 37.6. The van der Waals surface area contributed by atoms with Crippen molar-refractivity contribution in [2.75, 3.05) is 11.5 Å². The van der Waals surface area contributed by atoms with Gasteiger partial charge < -0.3 is 0 Å². The van der Waals surface area contributed by atoms with Gasteiger partial charge >= 0.3 is 6.18 Å². The minimum atomic E-state index is -4.30. The first kappa shape index (κ1) is 15.1. The molecule has 0 spiro atoms. The Hall–Kier alpha value is -0.260. The molecule has 0 radical (unpaired) electrons. The minimum Gasteiger partial charge on any atom is -0.166 e. The van der Waals surface area contributed by atoms with E-state index in [1.807, 2.05) is 29.6 Å². The fourth-order valence-corrected chi connectivity index (χ4v) is 4.73. The third-order valence-corrected chi connectivity index (χ3v) is 5.76. The molecule has 0 aliphatic carbocycles. The van der Waals surface area contributed by atoms with Crippen molar-refractivity contribution in [2.45, 2.75) is 17.2 Å². The van der Waals surface area contributed by atoms with E-state index in [2.05, 4.69) is 0 Å². The predicted molar refractivity (Wildman–Crippen MR) is 78.6 cm³/mol. The van der Waals surface area contributed by atoms with Crippen LogP contribution in [0.4, 0.5) is 13.2 Å². The molecule has 1 aliphatic rings. The molecule has 1 fully saturated rings. The molecule has 2 rings (SSSR count). The summed E-state index contributed by atoms with van der Waals surface area (Å²) in [6, 6.07) is 4.96. The van der Waals surface area contributed by atoms with Gasteiger partial charge in [0.1, 0.15) is 0 Å². The standard InChI is InChI=1S/C13H12ClF3S2/c14-11(8-12-18-6-1-7-19-12)9-2-4-10(5-3-9)13(15,16)17/h2-5,8,12H,1,6-7H2/b11-8-. The molecule has 19 heavy (non-hydrogen) atoms. The Morgan fingerprint density at radius 3 is 2.26 bits per heavy atom. The zero-order valence-corrected chi connectivity index (χ0v) is 12.3. The largest absolute Gasteiger partial charge is 0.416 e. The number of rotatable bonds is 2. The Morgan fingerprint density at radius 2 is 1.74 bits per heavy atom. The van der Waals surface area contributed by atoms with Gasteiger partial charge in [0.05, 0.1) is 10.1 Å². The second-order valence-electron chi connectivity index (χ2n) is 4.05. The molecule has 0 atom stereocenters. The van der Waals surface area contributed by atoms with E-state index in [4.69, 9.17) is 11.6 Å². The lowest BCUT2D eigenvalue weighted by Gasteiger charge is -2.18. The SMILES string of the molecule is FC(F)(F)c1ccc(/C(Cl)=C/C2SCCCS2)cc1. The highest BCUT2D eigenvalue weighted by atomic mass is 35.5. The lowest BCUT2D eigenvalue weighted by molar-refractivity contribution is -0.137. The first-order valence-electron chi connectivity index (χ1n) is 5.75. The zero-order chi connectivity index (χ0) is 13.9. The molecular weight excluding hydrogens is 313 g/mol. The maximum absolute atomic E-state index is 12.4. The second-order valence-corrected chi connectivity index (χ2v) is 7.26. The van der Waals surface area contributed by atoms with Crippen molar-refractivity contribution >= 4 is 40.2 Å². The summed E-state index contributed by atoms with van der Waals surface area (Å²) in [5.41, 5.74) is -0.0245. The van der Waals surface area contributed by atoms with Crippen molar-refractivity contribution in [1.82, 2.24) is 0 Å². The number of hydrogen-bond donors (Lipinski definition) is 0. The number of halogens is 4. The maximum atomic E-state index is 12.4. The Morgan fingerprint density at radius 1 is 1.16 bits per heavy atom. The van der Waals surface area contributed by atoms with Crippen LogP contribution in [0.5, 0.6) is 0 Å². The highest BCUT2D eigenvalue weighted by Crippen LogP contribution is 2.35. The number of hydrogen-bond acceptors (Lipinski definition) is 2. The van der Waals surface area contributed by atoms with Gasteiger partial charge in [-0.05, 0) is 41.7 Å². The van der Waals surface area contributed by atoms with Gasteiger partial charge in [0.25, 0.3) is 0 Å². The Kier molecular flexibility index (Phi) is 5.15. The fraction of sp³-hybridized carbons (Fsp3) is 0.385. The smallest absolute Gasteiger partial charge is 0.166 e. The van der Waals surface area contributed by atoms with E-state index in [0.717, 1.165) is 23.6 Å². The van der Waals surface area contributed by atoms with Crippen LogP contribution in [-0.4, -0.2) is 16.1 Å². The Bertz CT molecular complexity index is 448. The first-order valence-corrected chi connectivity index (χ1v) is 8.22. The van der Waals surface area contributed by atoms with E-state index in [1.54, 1.807) is 0 Å². The van der Waals surface area contributed by atoms with Gasteiger partial charge in [0.15, 0.2) is 0 Å². The molecule has 1 saturated heterocycles. The van der Waals surface area contributed by atoms with Crippen LogP contribution in [0.25, 0.3) is 5.03 Å². The van der Waals surface area contributed by atoms with Crippen LogP contribution < -0.4 is 0 Å². The third kappa shape index (κ3) is 4.36. The van der Waals surface area contributed by atoms with Crippen LogP contribution in [0.3, 0.4) is 0 Å². The second kappa shape index (κ2) is 6.46. The zero-order valence-electron chi connectivity index (χ0n) is 9.91. The normalized spacial score (nSPS) is 18.6. The summed E-state index contributed by atoms with van der Waals surface area (Å²) >= 11 is 9.79. The molecule has 0 unspecified atom stereocenters. The van der Waals surface area contributed by atoms with Crippen molar-refractivity contribution in [3.8, 4) is 0 Å². The van der Waals surface area contributed by atoms with Gasteiger partial charge in [0, 0.05) is 5.03 Å². The number of thioether (sulfide) groups is 2. The quantitative estimate of drug-likeness (QED) is 0.706.